The molecule has 0 N–H and O–H groups in total. The first kappa shape index (κ1) is 9.33. The first-order valence-corrected chi connectivity index (χ1v) is 5.92. The van der Waals surface area contributed by atoms with Gasteiger partial charge in [-0.1, -0.05) is 27.7 Å². The highest BCUT2D eigenvalue weighted by Crippen LogP contribution is 2.66. The topological polar surface area (TPSA) is 34.1 Å². The van der Waals surface area contributed by atoms with Gasteiger partial charge in [0.15, 0.2) is 0 Å². The zero-order valence-corrected chi connectivity index (χ0v) is 8.75. The van der Waals surface area contributed by atoms with Gasteiger partial charge in [0.25, 0.3) is 0 Å². The Morgan fingerprint density at radius 1 is 1.09 bits per heavy atom. The van der Waals surface area contributed by atoms with Crippen molar-refractivity contribution in [2.45, 2.75) is 32.9 Å². The standard InChI is InChI=1S/C7H13ClO2S/c1-6(2)5(7(6,3)4)11(8,9)10/h5H,1-4H3. The van der Waals surface area contributed by atoms with E-state index in [-0.39, 0.29) is 16.1 Å². The summed E-state index contributed by atoms with van der Waals surface area (Å²) >= 11 is 0. The van der Waals surface area contributed by atoms with Crippen molar-refractivity contribution in [3.63, 3.8) is 0 Å². The van der Waals surface area contributed by atoms with Gasteiger partial charge in [-0.2, -0.15) is 0 Å². The van der Waals surface area contributed by atoms with Crippen LogP contribution >= 0.6 is 10.7 Å². The average molecular weight is 197 g/mol. The van der Waals surface area contributed by atoms with Crippen molar-refractivity contribution in [1.82, 2.24) is 0 Å². The van der Waals surface area contributed by atoms with Crippen LogP contribution in [0.25, 0.3) is 0 Å². The molecule has 0 amide bonds. The third-order valence-corrected chi connectivity index (χ3v) is 5.45. The molecule has 0 radical (unpaired) electrons. The fourth-order valence-corrected chi connectivity index (χ4v) is 5.12. The Morgan fingerprint density at radius 3 is 1.36 bits per heavy atom. The molecule has 0 aromatic rings. The van der Waals surface area contributed by atoms with Crippen LogP contribution in [0.1, 0.15) is 27.7 Å². The third kappa shape index (κ3) is 1.09. The Balaban J connectivity index is 3.03. The maximum absolute atomic E-state index is 11.0. The molecule has 1 aliphatic carbocycles. The first-order chi connectivity index (χ1) is 4.62. The smallest absolute Gasteiger partial charge is 0.212 e. The van der Waals surface area contributed by atoms with Crippen LogP contribution < -0.4 is 0 Å². The molecular weight excluding hydrogens is 184 g/mol. The van der Waals surface area contributed by atoms with E-state index in [2.05, 4.69) is 0 Å². The molecule has 4 heteroatoms. The summed E-state index contributed by atoms with van der Waals surface area (Å²) in [7, 11) is 1.90. The minimum absolute atomic E-state index is 0.173. The largest absolute Gasteiger partial charge is 0.236 e. The second kappa shape index (κ2) is 1.94. The minimum Gasteiger partial charge on any atom is -0.212 e. The van der Waals surface area contributed by atoms with Gasteiger partial charge < -0.3 is 0 Å². The number of rotatable bonds is 1. The normalized spacial score (nSPS) is 28.5. The number of halogens is 1. The number of hydrogen-bond acceptors (Lipinski definition) is 2. The minimum atomic E-state index is -3.37. The second-order valence-electron chi connectivity index (χ2n) is 4.30. The van der Waals surface area contributed by atoms with E-state index in [1.807, 2.05) is 27.7 Å². The average Bonchev–Trinajstić information content (AvgIpc) is 1.93. The van der Waals surface area contributed by atoms with Gasteiger partial charge in [-0.3, -0.25) is 0 Å². The molecule has 0 spiro atoms. The maximum atomic E-state index is 11.0. The molecule has 0 saturated heterocycles. The summed E-state index contributed by atoms with van der Waals surface area (Å²) in [5.74, 6) is 0. The van der Waals surface area contributed by atoms with E-state index >= 15 is 0 Å². The molecule has 0 unspecified atom stereocenters. The van der Waals surface area contributed by atoms with E-state index in [1.165, 1.54) is 0 Å². The van der Waals surface area contributed by atoms with E-state index in [4.69, 9.17) is 10.7 Å². The van der Waals surface area contributed by atoms with Crippen molar-refractivity contribution in [2.75, 3.05) is 0 Å². The maximum Gasteiger partial charge on any atom is 0.236 e. The molecule has 1 rings (SSSR count). The molecular formula is C7H13ClO2S. The summed E-state index contributed by atoms with van der Waals surface area (Å²) in [6, 6.07) is 0. The molecule has 1 saturated carbocycles. The predicted octanol–water partition coefficient (Wildman–Crippen LogP) is 1.99. The Bertz CT molecular complexity index is 263. The van der Waals surface area contributed by atoms with E-state index in [0.717, 1.165) is 0 Å². The molecule has 1 fully saturated rings. The monoisotopic (exact) mass is 196 g/mol. The van der Waals surface area contributed by atoms with E-state index in [1.54, 1.807) is 0 Å². The third-order valence-electron chi connectivity index (χ3n) is 3.17. The SMILES string of the molecule is CC1(C)C(S(=O)(=O)Cl)C1(C)C. The number of hydrogen-bond donors (Lipinski definition) is 0. The molecule has 11 heavy (non-hydrogen) atoms. The summed E-state index contributed by atoms with van der Waals surface area (Å²) in [6.07, 6.45) is 0. The summed E-state index contributed by atoms with van der Waals surface area (Å²) < 4.78 is 22.0. The molecule has 0 bridgehead atoms. The fraction of sp³-hybridized carbons (Fsp3) is 1.00. The van der Waals surface area contributed by atoms with Gasteiger partial charge in [-0.15, -0.1) is 0 Å². The van der Waals surface area contributed by atoms with Gasteiger partial charge in [-0.25, -0.2) is 8.42 Å². The molecule has 0 heterocycles. The lowest BCUT2D eigenvalue weighted by Crippen LogP contribution is -2.05. The quantitative estimate of drug-likeness (QED) is 0.602. The van der Waals surface area contributed by atoms with Gasteiger partial charge in [0, 0.05) is 10.7 Å². The van der Waals surface area contributed by atoms with Crippen molar-refractivity contribution in [1.29, 1.82) is 0 Å². The lowest BCUT2D eigenvalue weighted by molar-refractivity contribution is 0.457. The van der Waals surface area contributed by atoms with Gasteiger partial charge in [0.1, 0.15) is 0 Å². The summed E-state index contributed by atoms with van der Waals surface area (Å²) in [5, 5.41) is -0.385. The van der Waals surface area contributed by atoms with Crippen molar-refractivity contribution in [3.8, 4) is 0 Å². The Kier molecular flexibility index (Phi) is 1.64. The molecule has 0 aromatic heterocycles. The van der Waals surface area contributed by atoms with Gasteiger partial charge >= 0.3 is 0 Å². The molecule has 1 aliphatic rings. The molecule has 0 aliphatic heterocycles. The van der Waals surface area contributed by atoms with Crippen molar-refractivity contribution in [2.24, 2.45) is 10.8 Å². The van der Waals surface area contributed by atoms with E-state index < -0.39 is 9.05 Å². The summed E-state index contributed by atoms with van der Waals surface area (Å²) in [5.41, 5.74) is -0.346. The van der Waals surface area contributed by atoms with Crippen molar-refractivity contribution < 1.29 is 8.42 Å². The molecule has 0 atom stereocenters. The lowest BCUT2D eigenvalue weighted by Gasteiger charge is -2.03. The zero-order valence-electron chi connectivity index (χ0n) is 7.18. The first-order valence-electron chi connectivity index (χ1n) is 3.55. The van der Waals surface area contributed by atoms with Gasteiger partial charge in [0.05, 0.1) is 5.25 Å². The fourth-order valence-electron chi connectivity index (χ4n) is 1.84. The molecule has 2 nitrogen and oxygen atoms in total. The predicted molar refractivity (Wildman–Crippen MR) is 46.1 cm³/mol. The highest BCUT2D eigenvalue weighted by Gasteiger charge is 2.70. The summed E-state index contributed by atoms with van der Waals surface area (Å²) in [6.45, 7) is 7.71. The van der Waals surface area contributed by atoms with Crippen LogP contribution in [0.15, 0.2) is 0 Å². The highest BCUT2D eigenvalue weighted by atomic mass is 35.7. The van der Waals surface area contributed by atoms with Crippen LogP contribution in [0, 0.1) is 10.8 Å². The zero-order chi connectivity index (χ0) is 9.08. The summed E-state index contributed by atoms with van der Waals surface area (Å²) in [4.78, 5) is 0. The Morgan fingerprint density at radius 2 is 1.36 bits per heavy atom. The van der Waals surface area contributed by atoms with Gasteiger partial charge in [0.2, 0.25) is 9.05 Å². The molecule has 0 aromatic carbocycles. The van der Waals surface area contributed by atoms with Crippen LogP contribution in [-0.2, 0) is 9.05 Å². The van der Waals surface area contributed by atoms with Crippen molar-refractivity contribution in [3.05, 3.63) is 0 Å². The van der Waals surface area contributed by atoms with Gasteiger partial charge in [-0.05, 0) is 10.8 Å². The lowest BCUT2D eigenvalue weighted by atomic mass is 10.0. The highest BCUT2D eigenvalue weighted by molar-refractivity contribution is 8.14. The Labute approximate surface area is 72.4 Å². The van der Waals surface area contributed by atoms with Crippen LogP contribution in [0.2, 0.25) is 0 Å². The Hall–Kier alpha value is 0.240. The van der Waals surface area contributed by atoms with Crippen molar-refractivity contribution >= 4 is 19.7 Å². The van der Waals surface area contributed by atoms with E-state index in [0.29, 0.717) is 0 Å². The van der Waals surface area contributed by atoms with Crippen LogP contribution in [0.3, 0.4) is 0 Å². The molecule has 66 valence electrons. The van der Waals surface area contributed by atoms with Crippen LogP contribution in [0.4, 0.5) is 0 Å². The van der Waals surface area contributed by atoms with Crippen LogP contribution in [-0.4, -0.2) is 13.7 Å². The van der Waals surface area contributed by atoms with Crippen LogP contribution in [0.5, 0.6) is 0 Å². The van der Waals surface area contributed by atoms with E-state index in [9.17, 15) is 8.42 Å². The second-order valence-corrected chi connectivity index (χ2v) is 7.01.